The first-order chi connectivity index (χ1) is 8.59. The molecule has 0 unspecified atom stereocenters. The van der Waals surface area contributed by atoms with E-state index < -0.39 is 0 Å². The molecule has 1 rings (SSSR count). The SMILES string of the molecule is CC(C)CNCCOCCc1ccc(F)c(Br)c1. The number of nitrogens with one attached hydrogen (secondary N) is 1. The van der Waals surface area contributed by atoms with Gasteiger partial charge in [0.2, 0.25) is 0 Å². The van der Waals surface area contributed by atoms with Crippen molar-refractivity contribution in [1.82, 2.24) is 5.32 Å². The summed E-state index contributed by atoms with van der Waals surface area (Å²) in [6.45, 7) is 7.65. The van der Waals surface area contributed by atoms with E-state index in [-0.39, 0.29) is 5.82 Å². The maximum Gasteiger partial charge on any atom is 0.137 e. The molecule has 0 aliphatic rings. The molecule has 0 amide bonds. The van der Waals surface area contributed by atoms with Crippen molar-refractivity contribution in [3.63, 3.8) is 0 Å². The number of rotatable bonds is 8. The summed E-state index contributed by atoms with van der Waals surface area (Å²) < 4.78 is 19.0. The Balaban J connectivity index is 2.09. The summed E-state index contributed by atoms with van der Waals surface area (Å²) in [4.78, 5) is 0. The summed E-state index contributed by atoms with van der Waals surface area (Å²) in [6.07, 6.45) is 0.809. The predicted octanol–water partition coefficient (Wildman–Crippen LogP) is 3.39. The van der Waals surface area contributed by atoms with Crippen LogP contribution in [0, 0.1) is 11.7 Å². The monoisotopic (exact) mass is 317 g/mol. The van der Waals surface area contributed by atoms with E-state index in [1.165, 1.54) is 6.07 Å². The lowest BCUT2D eigenvalue weighted by molar-refractivity contribution is 0.138. The van der Waals surface area contributed by atoms with Gasteiger partial charge < -0.3 is 10.1 Å². The molecule has 0 spiro atoms. The minimum absolute atomic E-state index is 0.224. The highest BCUT2D eigenvalue weighted by Crippen LogP contribution is 2.17. The lowest BCUT2D eigenvalue weighted by Gasteiger charge is -2.08. The summed E-state index contributed by atoms with van der Waals surface area (Å²) in [5.74, 6) is 0.444. The highest BCUT2D eigenvalue weighted by atomic mass is 79.9. The fourth-order valence-electron chi connectivity index (χ4n) is 1.52. The van der Waals surface area contributed by atoms with Crippen LogP contribution in [-0.2, 0) is 11.2 Å². The molecule has 0 saturated heterocycles. The highest BCUT2D eigenvalue weighted by Gasteiger charge is 2.00. The average Bonchev–Trinajstić information content (AvgIpc) is 2.32. The molecule has 2 nitrogen and oxygen atoms in total. The van der Waals surface area contributed by atoms with Crippen LogP contribution < -0.4 is 5.32 Å². The van der Waals surface area contributed by atoms with E-state index in [2.05, 4.69) is 35.1 Å². The van der Waals surface area contributed by atoms with Crippen molar-refractivity contribution >= 4 is 15.9 Å². The van der Waals surface area contributed by atoms with E-state index in [1.54, 1.807) is 12.1 Å². The fourth-order valence-corrected chi connectivity index (χ4v) is 1.95. The predicted molar refractivity (Wildman–Crippen MR) is 76.3 cm³/mol. The highest BCUT2D eigenvalue weighted by molar-refractivity contribution is 9.10. The zero-order valence-electron chi connectivity index (χ0n) is 11.0. The molecule has 0 aliphatic carbocycles. The number of hydrogen-bond acceptors (Lipinski definition) is 2. The number of hydrogen-bond donors (Lipinski definition) is 1. The molecule has 0 atom stereocenters. The van der Waals surface area contributed by atoms with Gasteiger partial charge in [0.05, 0.1) is 17.7 Å². The summed E-state index contributed by atoms with van der Waals surface area (Å²) in [5.41, 5.74) is 1.08. The van der Waals surface area contributed by atoms with Crippen molar-refractivity contribution in [3.05, 3.63) is 34.1 Å². The summed E-state index contributed by atoms with van der Waals surface area (Å²) in [6, 6.07) is 5.07. The molecule has 1 N–H and O–H groups in total. The van der Waals surface area contributed by atoms with E-state index in [0.29, 0.717) is 17.0 Å². The van der Waals surface area contributed by atoms with Crippen LogP contribution in [-0.4, -0.2) is 26.3 Å². The zero-order valence-corrected chi connectivity index (χ0v) is 12.6. The van der Waals surface area contributed by atoms with Gasteiger partial charge in [-0.15, -0.1) is 0 Å². The Bertz CT molecular complexity index is 358. The maximum atomic E-state index is 13.0. The molecular formula is C14H21BrFNO. The summed E-state index contributed by atoms with van der Waals surface area (Å²) in [7, 11) is 0. The van der Waals surface area contributed by atoms with Crippen molar-refractivity contribution < 1.29 is 9.13 Å². The molecule has 0 fully saturated rings. The van der Waals surface area contributed by atoms with Gasteiger partial charge in [-0.1, -0.05) is 19.9 Å². The molecular weight excluding hydrogens is 297 g/mol. The van der Waals surface area contributed by atoms with Gasteiger partial charge in [-0.25, -0.2) is 4.39 Å². The second-order valence-corrected chi connectivity index (χ2v) is 5.56. The van der Waals surface area contributed by atoms with Crippen LogP contribution in [0.1, 0.15) is 19.4 Å². The third-order valence-corrected chi connectivity index (χ3v) is 3.10. The molecule has 102 valence electrons. The Morgan fingerprint density at radius 3 is 2.78 bits per heavy atom. The quantitative estimate of drug-likeness (QED) is 0.742. The van der Waals surface area contributed by atoms with Gasteiger partial charge >= 0.3 is 0 Å². The van der Waals surface area contributed by atoms with Gasteiger partial charge in [-0.05, 0) is 52.5 Å². The van der Waals surface area contributed by atoms with Crippen molar-refractivity contribution in [2.75, 3.05) is 26.3 Å². The summed E-state index contributed by atoms with van der Waals surface area (Å²) >= 11 is 3.18. The Morgan fingerprint density at radius 1 is 1.33 bits per heavy atom. The van der Waals surface area contributed by atoms with Crippen LogP contribution in [0.15, 0.2) is 22.7 Å². The van der Waals surface area contributed by atoms with E-state index in [4.69, 9.17) is 4.74 Å². The molecule has 1 aromatic rings. The van der Waals surface area contributed by atoms with Gasteiger partial charge in [-0.2, -0.15) is 0 Å². The Morgan fingerprint density at radius 2 is 2.11 bits per heavy atom. The van der Waals surface area contributed by atoms with Gasteiger partial charge in [-0.3, -0.25) is 0 Å². The Hall–Kier alpha value is -0.450. The molecule has 0 aliphatic heterocycles. The number of ether oxygens (including phenoxy) is 1. The van der Waals surface area contributed by atoms with E-state index >= 15 is 0 Å². The fraction of sp³-hybridized carbons (Fsp3) is 0.571. The van der Waals surface area contributed by atoms with Gasteiger partial charge in [0.25, 0.3) is 0 Å². The molecule has 1 aromatic carbocycles. The van der Waals surface area contributed by atoms with Crippen LogP contribution >= 0.6 is 15.9 Å². The minimum Gasteiger partial charge on any atom is -0.380 e. The smallest absolute Gasteiger partial charge is 0.137 e. The number of halogens is 2. The van der Waals surface area contributed by atoms with Crippen LogP contribution in [0.2, 0.25) is 0 Å². The minimum atomic E-state index is -0.224. The molecule has 0 radical (unpaired) electrons. The first kappa shape index (κ1) is 15.6. The lowest BCUT2D eigenvalue weighted by Crippen LogP contribution is -2.24. The Labute approximate surface area is 117 Å². The van der Waals surface area contributed by atoms with Crippen LogP contribution in [0.5, 0.6) is 0 Å². The zero-order chi connectivity index (χ0) is 13.4. The van der Waals surface area contributed by atoms with Gasteiger partial charge in [0.1, 0.15) is 5.82 Å². The Kier molecular flexibility index (Phi) is 7.47. The average molecular weight is 318 g/mol. The number of benzene rings is 1. The van der Waals surface area contributed by atoms with Crippen molar-refractivity contribution in [2.45, 2.75) is 20.3 Å². The van der Waals surface area contributed by atoms with Crippen LogP contribution in [0.4, 0.5) is 4.39 Å². The van der Waals surface area contributed by atoms with Crippen LogP contribution in [0.25, 0.3) is 0 Å². The van der Waals surface area contributed by atoms with Crippen molar-refractivity contribution in [1.29, 1.82) is 0 Å². The second kappa shape index (κ2) is 8.62. The normalized spacial score (nSPS) is 11.2. The molecule has 0 aromatic heterocycles. The third kappa shape index (κ3) is 6.47. The van der Waals surface area contributed by atoms with Crippen molar-refractivity contribution in [2.24, 2.45) is 5.92 Å². The van der Waals surface area contributed by atoms with Crippen molar-refractivity contribution in [3.8, 4) is 0 Å². The lowest BCUT2D eigenvalue weighted by atomic mass is 10.2. The second-order valence-electron chi connectivity index (χ2n) is 4.71. The van der Waals surface area contributed by atoms with E-state index in [1.807, 2.05) is 0 Å². The molecule has 0 saturated carbocycles. The standard InChI is InChI=1S/C14H21BrFNO/c1-11(2)10-17-6-8-18-7-5-12-3-4-14(16)13(15)9-12/h3-4,9,11,17H,5-8,10H2,1-2H3. The maximum absolute atomic E-state index is 13.0. The van der Waals surface area contributed by atoms with Gasteiger partial charge in [0, 0.05) is 6.54 Å². The molecule has 18 heavy (non-hydrogen) atoms. The summed E-state index contributed by atoms with van der Waals surface area (Å²) in [5, 5.41) is 3.32. The molecule has 0 heterocycles. The van der Waals surface area contributed by atoms with E-state index in [0.717, 1.165) is 31.7 Å². The van der Waals surface area contributed by atoms with Gasteiger partial charge in [0.15, 0.2) is 0 Å². The first-order valence-electron chi connectivity index (χ1n) is 6.32. The third-order valence-electron chi connectivity index (χ3n) is 2.49. The topological polar surface area (TPSA) is 21.3 Å². The first-order valence-corrected chi connectivity index (χ1v) is 7.11. The molecule has 0 bridgehead atoms. The van der Waals surface area contributed by atoms with Crippen LogP contribution in [0.3, 0.4) is 0 Å². The largest absolute Gasteiger partial charge is 0.380 e. The van der Waals surface area contributed by atoms with E-state index in [9.17, 15) is 4.39 Å². The molecule has 4 heteroatoms.